The fraction of sp³-hybridized carbons (Fsp3) is 0.250. The molecule has 90 valence electrons. The van der Waals surface area contributed by atoms with E-state index >= 15 is 0 Å². The normalized spacial score (nSPS) is 15.4. The molecule has 0 spiro atoms. The van der Waals surface area contributed by atoms with E-state index in [9.17, 15) is 12.6 Å². The SMILES string of the molecule is CCS(=O)(=NS(=O)(=O)Cl)c1ccccc1Cl. The van der Waals surface area contributed by atoms with Gasteiger partial charge in [-0.05, 0) is 12.1 Å². The van der Waals surface area contributed by atoms with Crippen molar-refractivity contribution in [3.05, 3.63) is 29.3 Å². The lowest BCUT2D eigenvalue weighted by molar-refractivity contribution is 0.611. The molecule has 16 heavy (non-hydrogen) atoms. The zero-order valence-corrected chi connectivity index (χ0v) is 11.4. The Morgan fingerprint density at radius 2 is 1.81 bits per heavy atom. The second-order valence-corrected chi connectivity index (χ2v) is 8.14. The Hall–Kier alpha value is -0.300. The summed E-state index contributed by atoms with van der Waals surface area (Å²) >= 11 is 5.84. The van der Waals surface area contributed by atoms with Crippen molar-refractivity contribution in [2.75, 3.05) is 5.75 Å². The van der Waals surface area contributed by atoms with Crippen molar-refractivity contribution in [3.8, 4) is 0 Å². The van der Waals surface area contributed by atoms with E-state index in [2.05, 4.69) is 3.77 Å². The summed E-state index contributed by atoms with van der Waals surface area (Å²) in [6.07, 6.45) is 0. The zero-order valence-electron chi connectivity index (χ0n) is 8.26. The van der Waals surface area contributed by atoms with Gasteiger partial charge in [0.2, 0.25) is 0 Å². The first-order valence-electron chi connectivity index (χ1n) is 4.24. The third-order valence-corrected chi connectivity index (χ3v) is 6.23. The quantitative estimate of drug-likeness (QED) is 0.806. The minimum Gasteiger partial charge on any atom is -0.244 e. The Morgan fingerprint density at radius 1 is 1.25 bits per heavy atom. The minimum atomic E-state index is -4.20. The summed E-state index contributed by atoms with van der Waals surface area (Å²) in [6.45, 7) is 1.55. The van der Waals surface area contributed by atoms with Crippen LogP contribution in [-0.4, -0.2) is 18.4 Å². The third kappa shape index (κ3) is 3.35. The molecule has 0 fully saturated rings. The van der Waals surface area contributed by atoms with Gasteiger partial charge in [0.25, 0.3) is 0 Å². The van der Waals surface area contributed by atoms with Crippen LogP contribution in [0.3, 0.4) is 0 Å². The van der Waals surface area contributed by atoms with Crippen molar-refractivity contribution in [2.24, 2.45) is 3.77 Å². The number of hydrogen-bond acceptors (Lipinski definition) is 3. The molecule has 0 heterocycles. The molecule has 4 nitrogen and oxygen atoms in total. The maximum absolute atomic E-state index is 12.3. The van der Waals surface area contributed by atoms with Crippen LogP contribution in [0.25, 0.3) is 0 Å². The molecule has 0 aromatic heterocycles. The van der Waals surface area contributed by atoms with Crippen molar-refractivity contribution < 1.29 is 12.6 Å². The molecule has 1 rings (SSSR count). The van der Waals surface area contributed by atoms with Crippen LogP contribution in [0, 0.1) is 0 Å². The Labute approximate surface area is 104 Å². The Morgan fingerprint density at radius 3 is 2.25 bits per heavy atom. The molecule has 1 aromatic carbocycles. The largest absolute Gasteiger partial charge is 0.347 e. The van der Waals surface area contributed by atoms with Gasteiger partial charge in [0, 0.05) is 16.4 Å². The highest BCUT2D eigenvalue weighted by Crippen LogP contribution is 2.25. The molecule has 0 bridgehead atoms. The molecular weight excluding hydrogens is 293 g/mol. The van der Waals surface area contributed by atoms with Crippen molar-refractivity contribution in [1.82, 2.24) is 0 Å². The summed E-state index contributed by atoms with van der Waals surface area (Å²) < 4.78 is 37.2. The number of hydrogen-bond donors (Lipinski definition) is 0. The van der Waals surface area contributed by atoms with Crippen LogP contribution in [0.4, 0.5) is 0 Å². The highest BCUT2D eigenvalue weighted by Gasteiger charge is 2.17. The van der Waals surface area contributed by atoms with Gasteiger partial charge in [-0.15, -0.1) is 0 Å². The smallest absolute Gasteiger partial charge is 0.244 e. The molecule has 1 unspecified atom stereocenters. The lowest BCUT2D eigenvalue weighted by atomic mass is 10.4. The van der Waals surface area contributed by atoms with Crippen LogP contribution in [-0.2, 0) is 19.0 Å². The third-order valence-electron chi connectivity index (χ3n) is 1.78. The van der Waals surface area contributed by atoms with Gasteiger partial charge in [0.15, 0.2) is 0 Å². The topological polar surface area (TPSA) is 63.6 Å². The monoisotopic (exact) mass is 301 g/mol. The summed E-state index contributed by atoms with van der Waals surface area (Å²) in [5, 5.41) is 0.207. The first-order valence-corrected chi connectivity index (χ1v) is 8.56. The van der Waals surface area contributed by atoms with Gasteiger partial charge in [-0.25, -0.2) is 4.21 Å². The molecule has 0 aliphatic heterocycles. The van der Waals surface area contributed by atoms with Gasteiger partial charge in [0.05, 0.1) is 19.6 Å². The van der Waals surface area contributed by atoms with E-state index in [4.69, 9.17) is 22.3 Å². The first-order chi connectivity index (χ1) is 7.28. The van der Waals surface area contributed by atoms with Crippen LogP contribution >= 0.6 is 22.3 Å². The van der Waals surface area contributed by atoms with Gasteiger partial charge in [-0.2, -0.15) is 8.42 Å². The molecule has 0 saturated carbocycles. The summed E-state index contributed by atoms with van der Waals surface area (Å²) in [4.78, 5) is 0.184. The number of benzene rings is 1. The van der Waals surface area contributed by atoms with Gasteiger partial charge in [0.1, 0.15) is 0 Å². The van der Waals surface area contributed by atoms with Crippen molar-refractivity contribution >= 4 is 41.2 Å². The van der Waals surface area contributed by atoms with Crippen LogP contribution in [0.5, 0.6) is 0 Å². The van der Waals surface area contributed by atoms with Crippen molar-refractivity contribution in [3.63, 3.8) is 0 Å². The summed E-state index contributed by atoms with van der Waals surface area (Å²) in [7, 11) is -2.33. The summed E-state index contributed by atoms with van der Waals surface area (Å²) in [6, 6.07) is 6.24. The van der Waals surface area contributed by atoms with Gasteiger partial charge >= 0.3 is 9.24 Å². The predicted molar refractivity (Wildman–Crippen MR) is 65.6 cm³/mol. The lowest BCUT2D eigenvalue weighted by Crippen LogP contribution is -2.06. The summed E-state index contributed by atoms with van der Waals surface area (Å²) in [5.74, 6) is 0.0166. The molecule has 0 radical (unpaired) electrons. The Kier molecular flexibility index (Phi) is 4.23. The lowest BCUT2D eigenvalue weighted by Gasteiger charge is -2.07. The Balaban J connectivity index is 3.57. The van der Waals surface area contributed by atoms with E-state index in [-0.39, 0.29) is 15.7 Å². The zero-order chi connectivity index (χ0) is 12.4. The number of rotatable bonds is 3. The van der Waals surface area contributed by atoms with E-state index < -0.39 is 19.0 Å². The molecule has 0 aliphatic rings. The van der Waals surface area contributed by atoms with Crippen LogP contribution < -0.4 is 0 Å². The van der Waals surface area contributed by atoms with Crippen molar-refractivity contribution in [1.29, 1.82) is 0 Å². The standard InChI is InChI=1S/C8H9Cl2NO3S2/c1-2-15(12,11-16(10,13)14)8-6-4-3-5-7(8)9/h3-6H,2H2,1H3. The van der Waals surface area contributed by atoms with E-state index in [1.165, 1.54) is 12.1 Å². The maximum atomic E-state index is 12.3. The van der Waals surface area contributed by atoms with E-state index in [1.807, 2.05) is 0 Å². The van der Waals surface area contributed by atoms with Crippen molar-refractivity contribution in [2.45, 2.75) is 11.8 Å². The van der Waals surface area contributed by atoms with Gasteiger partial charge < -0.3 is 0 Å². The fourth-order valence-electron chi connectivity index (χ4n) is 1.10. The molecule has 1 aromatic rings. The highest BCUT2D eigenvalue weighted by molar-refractivity contribution is 8.17. The predicted octanol–water partition coefficient (Wildman–Crippen LogP) is 2.67. The fourth-order valence-corrected chi connectivity index (χ4v) is 5.28. The molecule has 0 saturated heterocycles. The summed E-state index contributed by atoms with van der Waals surface area (Å²) in [5.41, 5.74) is 0. The van der Waals surface area contributed by atoms with Gasteiger partial charge in [-0.1, -0.05) is 34.4 Å². The van der Waals surface area contributed by atoms with Crippen LogP contribution in [0.1, 0.15) is 6.92 Å². The second kappa shape index (κ2) is 4.91. The van der Waals surface area contributed by atoms with Crippen LogP contribution in [0.2, 0.25) is 5.02 Å². The van der Waals surface area contributed by atoms with E-state index in [0.717, 1.165) is 0 Å². The molecule has 8 heteroatoms. The molecule has 1 atom stereocenters. The second-order valence-electron chi connectivity index (χ2n) is 2.85. The Bertz CT molecular complexity index is 603. The molecule has 0 N–H and O–H groups in total. The van der Waals surface area contributed by atoms with Crippen LogP contribution in [0.15, 0.2) is 32.9 Å². The molecular formula is C8H9Cl2NO3S2. The molecule has 0 amide bonds. The number of halogens is 2. The minimum absolute atomic E-state index is 0.0166. The first kappa shape index (κ1) is 13.8. The maximum Gasteiger partial charge on any atom is 0.347 e. The average molecular weight is 302 g/mol. The number of nitrogens with zero attached hydrogens (tertiary/aromatic N) is 1. The molecule has 0 aliphatic carbocycles. The van der Waals surface area contributed by atoms with Gasteiger partial charge in [-0.3, -0.25) is 0 Å². The van der Waals surface area contributed by atoms with E-state index in [0.29, 0.717) is 0 Å². The average Bonchev–Trinajstić information content (AvgIpc) is 2.15. The van der Waals surface area contributed by atoms with E-state index in [1.54, 1.807) is 19.1 Å². The highest BCUT2D eigenvalue weighted by atomic mass is 35.7.